The molecule has 0 aliphatic carbocycles. The second kappa shape index (κ2) is 3.20. The van der Waals surface area contributed by atoms with Crippen molar-refractivity contribution in [3.63, 3.8) is 0 Å². The molecule has 0 spiro atoms. The minimum absolute atomic E-state index is 0.685. The lowest BCUT2D eigenvalue weighted by molar-refractivity contribution is 0.395. The number of ether oxygens (including phenoxy) is 1. The lowest BCUT2D eigenvalue weighted by Gasteiger charge is -2.01. The van der Waals surface area contributed by atoms with Gasteiger partial charge in [0.1, 0.15) is 0 Å². The predicted molar refractivity (Wildman–Crippen MR) is 39.9 cm³/mol. The fourth-order valence-corrected chi connectivity index (χ4v) is 0.794. The van der Waals surface area contributed by atoms with Crippen LogP contribution in [0.15, 0.2) is 18.3 Å². The van der Waals surface area contributed by atoms with E-state index in [0.717, 1.165) is 5.56 Å². The summed E-state index contributed by atoms with van der Waals surface area (Å²) in [5.41, 5.74) is 1.03. The van der Waals surface area contributed by atoms with Crippen molar-refractivity contribution in [2.75, 3.05) is 7.11 Å². The van der Waals surface area contributed by atoms with Crippen molar-refractivity contribution < 1.29 is 4.74 Å². The van der Waals surface area contributed by atoms with Crippen molar-refractivity contribution in [3.05, 3.63) is 30.3 Å². The van der Waals surface area contributed by atoms with Crippen LogP contribution in [-0.4, -0.2) is 12.1 Å². The first kappa shape index (κ1) is 7.06. The van der Waals surface area contributed by atoms with Crippen molar-refractivity contribution in [1.82, 2.24) is 4.98 Å². The van der Waals surface area contributed by atoms with Crippen LogP contribution in [-0.2, 0) is 0 Å². The SMILES string of the molecule is C[CH]c1cccnc1OC. The van der Waals surface area contributed by atoms with Crippen LogP contribution in [0.4, 0.5) is 0 Å². The van der Waals surface area contributed by atoms with E-state index in [2.05, 4.69) is 4.98 Å². The van der Waals surface area contributed by atoms with Crippen molar-refractivity contribution >= 4 is 0 Å². The van der Waals surface area contributed by atoms with Crippen LogP contribution in [0.3, 0.4) is 0 Å². The van der Waals surface area contributed by atoms with Gasteiger partial charge in [-0.15, -0.1) is 0 Å². The zero-order valence-corrected chi connectivity index (χ0v) is 6.16. The fraction of sp³-hybridized carbons (Fsp3) is 0.250. The number of nitrogens with zero attached hydrogens (tertiary/aromatic N) is 1. The molecule has 1 aromatic rings. The molecule has 0 aromatic carbocycles. The molecule has 1 radical (unpaired) electrons. The quantitative estimate of drug-likeness (QED) is 0.616. The lowest BCUT2D eigenvalue weighted by atomic mass is 10.2. The van der Waals surface area contributed by atoms with Gasteiger partial charge in [-0.1, -0.05) is 13.0 Å². The van der Waals surface area contributed by atoms with Gasteiger partial charge in [0, 0.05) is 11.8 Å². The third-order valence-corrected chi connectivity index (χ3v) is 1.30. The number of hydrogen-bond donors (Lipinski definition) is 0. The summed E-state index contributed by atoms with van der Waals surface area (Å²) in [6.45, 7) is 1.96. The van der Waals surface area contributed by atoms with Gasteiger partial charge < -0.3 is 4.74 Å². The zero-order chi connectivity index (χ0) is 7.40. The smallest absolute Gasteiger partial charge is 0.216 e. The second-order valence-corrected chi connectivity index (χ2v) is 1.89. The molecule has 0 bridgehead atoms. The molecule has 1 heterocycles. The summed E-state index contributed by atoms with van der Waals surface area (Å²) >= 11 is 0. The molecule has 0 fully saturated rings. The Kier molecular flexibility index (Phi) is 2.26. The highest BCUT2D eigenvalue weighted by Crippen LogP contribution is 2.14. The number of rotatable bonds is 2. The number of aromatic nitrogens is 1. The molecule has 0 saturated heterocycles. The van der Waals surface area contributed by atoms with E-state index >= 15 is 0 Å². The summed E-state index contributed by atoms with van der Waals surface area (Å²) in [5, 5.41) is 0. The fourth-order valence-electron chi connectivity index (χ4n) is 0.794. The van der Waals surface area contributed by atoms with Crippen molar-refractivity contribution in [2.24, 2.45) is 0 Å². The van der Waals surface area contributed by atoms with Gasteiger partial charge in [-0.2, -0.15) is 0 Å². The highest BCUT2D eigenvalue weighted by molar-refractivity contribution is 5.31. The maximum absolute atomic E-state index is 4.99. The van der Waals surface area contributed by atoms with Crippen LogP contribution in [0.5, 0.6) is 5.88 Å². The predicted octanol–water partition coefficient (Wildman–Crippen LogP) is 1.66. The summed E-state index contributed by atoms with van der Waals surface area (Å²) in [6, 6.07) is 3.85. The van der Waals surface area contributed by atoms with E-state index in [4.69, 9.17) is 4.74 Å². The highest BCUT2D eigenvalue weighted by Gasteiger charge is 1.97. The third kappa shape index (κ3) is 1.26. The first-order chi connectivity index (χ1) is 4.88. The molecular weight excluding hydrogens is 126 g/mol. The van der Waals surface area contributed by atoms with Gasteiger partial charge in [-0.3, -0.25) is 0 Å². The standard InChI is InChI=1S/C8H10NO/c1-3-7-5-4-6-9-8(7)10-2/h3-6H,1-2H3. The summed E-state index contributed by atoms with van der Waals surface area (Å²) in [4.78, 5) is 4.01. The van der Waals surface area contributed by atoms with Gasteiger partial charge in [0.15, 0.2) is 0 Å². The van der Waals surface area contributed by atoms with Crippen molar-refractivity contribution in [3.8, 4) is 5.88 Å². The first-order valence-corrected chi connectivity index (χ1v) is 3.17. The highest BCUT2D eigenvalue weighted by atomic mass is 16.5. The summed E-state index contributed by atoms with van der Waals surface area (Å²) in [7, 11) is 1.62. The van der Waals surface area contributed by atoms with Gasteiger partial charge >= 0.3 is 0 Å². The Balaban J connectivity index is 2.96. The normalized spacial score (nSPS) is 9.40. The average molecular weight is 136 g/mol. The Morgan fingerprint density at radius 3 is 2.90 bits per heavy atom. The maximum Gasteiger partial charge on any atom is 0.216 e. The van der Waals surface area contributed by atoms with Crippen LogP contribution in [0, 0.1) is 6.42 Å². The van der Waals surface area contributed by atoms with Crippen molar-refractivity contribution in [1.29, 1.82) is 0 Å². The van der Waals surface area contributed by atoms with Gasteiger partial charge in [-0.25, -0.2) is 4.98 Å². The summed E-state index contributed by atoms with van der Waals surface area (Å²) in [6.07, 6.45) is 3.68. The van der Waals surface area contributed by atoms with Crippen molar-refractivity contribution in [2.45, 2.75) is 6.92 Å². The number of methoxy groups -OCH3 is 1. The molecule has 0 unspecified atom stereocenters. The topological polar surface area (TPSA) is 22.1 Å². The van der Waals surface area contributed by atoms with E-state index in [1.807, 2.05) is 25.5 Å². The maximum atomic E-state index is 4.99. The molecule has 0 amide bonds. The molecule has 0 saturated carbocycles. The average Bonchev–Trinajstić information content (AvgIpc) is 2.04. The molecule has 0 aliphatic heterocycles. The molecule has 1 rings (SSSR count). The van der Waals surface area contributed by atoms with E-state index in [9.17, 15) is 0 Å². The molecular formula is C8H10NO. The minimum Gasteiger partial charge on any atom is -0.481 e. The monoisotopic (exact) mass is 136 g/mol. The van der Waals surface area contributed by atoms with E-state index < -0.39 is 0 Å². The van der Waals surface area contributed by atoms with Gasteiger partial charge in [0.2, 0.25) is 5.88 Å². The molecule has 10 heavy (non-hydrogen) atoms. The summed E-state index contributed by atoms with van der Waals surface area (Å²) < 4.78 is 4.99. The summed E-state index contributed by atoms with van der Waals surface area (Å²) in [5.74, 6) is 0.685. The Morgan fingerprint density at radius 2 is 2.40 bits per heavy atom. The van der Waals surface area contributed by atoms with E-state index in [0.29, 0.717) is 5.88 Å². The Hall–Kier alpha value is -1.05. The zero-order valence-electron chi connectivity index (χ0n) is 6.16. The van der Waals surface area contributed by atoms with Gasteiger partial charge in [-0.05, 0) is 12.5 Å². The molecule has 2 heteroatoms. The van der Waals surface area contributed by atoms with Crippen LogP contribution >= 0.6 is 0 Å². The molecule has 2 nitrogen and oxygen atoms in total. The van der Waals surface area contributed by atoms with E-state index in [1.54, 1.807) is 13.3 Å². The molecule has 0 aliphatic rings. The van der Waals surface area contributed by atoms with Crippen LogP contribution < -0.4 is 4.74 Å². The lowest BCUT2D eigenvalue weighted by Crippen LogP contribution is -1.90. The van der Waals surface area contributed by atoms with Crippen LogP contribution in [0.25, 0.3) is 0 Å². The number of pyridine rings is 1. The molecule has 1 aromatic heterocycles. The Morgan fingerprint density at radius 1 is 1.60 bits per heavy atom. The molecule has 0 N–H and O–H groups in total. The van der Waals surface area contributed by atoms with Crippen LogP contribution in [0.2, 0.25) is 0 Å². The van der Waals surface area contributed by atoms with Crippen LogP contribution in [0.1, 0.15) is 12.5 Å². The number of hydrogen-bond acceptors (Lipinski definition) is 2. The first-order valence-electron chi connectivity index (χ1n) is 3.17. The third-order valence-electron chi connectivity index (χ3n) is 1.30. The minimum atomic E-state index is 0.685. The van der Waals surface area contributed by atoms with E-state index in [1.165, 1.54) is 0 Å². The molecule has 53 valence electrons. The second-order valence-electron chi connectivity index (χ2n) is 1.89. The largest absolute Gasteiger partial charge is 0.481 e. The van der Waals surface area contributed by atoms with Gasteiger partial charge in [0.25, 0.3) is 0 Å². The molecule has 0 atom stereocenters. The Labute approximate surface area is 60.9 Å². The Bertz CT molecular complexity index is 187. The van der Waals surface area contributed by atoms with E-state index in [-0.39, 0.29) is 0 Å². The van der Waals surface area contributed by atoms with Gasteiger partial charge in [0.05, 0.1) is 7.11 Å².